The Morgan fingerprint density at radius 1 is 1.29 bits per heavy atom. The molecular weight excluding hydrogens is 306 g/mol. The second-order valence-electron chi connectivity index (χ2n) is 6.38. The fraction of sp³-hybridized carbons (Fsp3) is 0.471. The molecule has 0 aromatic carbocycles. The van der Waals surface area contributed by atoms with Crippen LogP contribution in [0.4, 0.5) is 11.8 Å². The maximum Gasteiger partial charge on any atom is 0.225 e. The molecule has 1 atom stereocenters. The normalized spacial score (nSPS) is 21.2. The van der Waals surface area contributed by atoms with Gasteiger partial charge in [0.25, 0.3) is 0 Å². The quantitative estimate of drug-likeness (QED) is 0.745. The number of hydrogen-bond acceptors (Lipinski definition) is 7. The highest BCUT2D eigenvalue weighted by molar-refractivity contribution is 5.45. The fourth-order valence-corrected chi connectivity index (χ4v) is 2.87. The van der Waals surface area contributed by atoms with E-state index in [1.54, 1.807) is 12.3 Å². The summed E-state index contributed by atoms with van der Waals surface area (Å²) in [6, 6.07) is 7.50. The summed E-state index contributed by atoms with van der Waals surface area (Å²) in [5.41, 5.74) is 6.71. The van der Waals surface area contributed by atoms with Crippen molar-refractivity contribution in [2.75, 3.05) is 11.1 Å². The van der Waals surface area contributed by atoms with E-state index in [0.29, 0.717) is 17.6 Å². The smallest absolute Gasteiger partial charge is 0.225 e. The lowest BCUT2D eigenvalue weighted by Crippen LogP contribution is -2.36. The van der Waals surface area contributed by atoms with Gasteiger partial charge in [-0.2, -0.15) is 9.97 Å². The van der Waals surface area contributed by atoms with E-state index in [1.807, 2.05) is 32.0 Å². The minimum Gasteiger partial charge on any atom is -0.475 e. The molecular formula is C17H23N5O2. The van der Waals surface area contributed by atoms with Crippen LogP contribution in [0, 0.1) is 5.92 Å². The van der Waals surface area contributed by atoms with Crippen molar-refractivity contribution >= 4 is 11.8 Å². The molecule has 0 amide bonds. The number of nitrogens with one attached hydrogen (secondary N) is 1. The first-order chi connectivity index (χ1) is 11.5. The van der Waals surface area contributed by atoms with E-state index in [0.717, 1.165) is 18.5 Å². The van der Waals surface area contributed by atoms with Crippen LogP contribution in [0.25, 0.3) is 0 Å². The fourth-order valence-electron chi connectivity index (χ4n) is 2.87. The first kappa shape index (κ1) is 16.4. The molecule has 7 nitrogen and oxygen atoms in total. The summed E-state index contributed by atoms with van der Waals surface area (Å²) < 4.78 is 5.61. The van der Waals surface area contributed by atoms with Crippen molar-refractivity contribution < 1.29 is 9.84 Å². The van der Waals surface area contributed by atoms with Crippen molar-refractivity contribution in [3.05, 3.63) is 36.2 Å². The molecule has 2 aromatic rings. The number of anilines is 2. The van der Waals surface area contributed by atoms with Crippen molar-refractivity contribution in [3.63, 3.8) is 0 Å². The first-order valence-corrected chi connectivity index (χ1v) is 8.18. The summed E-state index contributed by atoms with van der Waals surface area (Å²) in [5, 5.41) is 13.0. The number of nitrogens with zero attached hydrogens (tertiary/aromatic N) is 3. The first-order valence-electron chi connectivity index (χ1n) is 8.18. The van der Waals surface area contributed by atoms with Gasteiger partial charge >= 0.3 is 0 Å². The molecule has 128 valence electrons. The molecule has 3 rings (SSSR count). The maximum atomic E-state index is 9.65. The maximum absolute atomic E-state index is 9.65. The Bertz CT molecular complexity index is 674. The lowest BCUT2D eigenvalue weighted by atomic mass is 9.76. The van der Waals surface area contributed by atoms with E-state index >= 15 is 0 Å². The molecule has 0 aliphatic heterocycles. The van der Waals surface area contributed by atoms with Gasteiger partial charge in [-0.05, 0) is 44.7 Å². The molecule has 1 aliphatic carbocycles. The van der Waals surface area contributed by atoms with Gasteiger partial charge in [0.2, 0.25) is 11.8 Å². The number of nitrogen functional groups attached to an aromatic ring is 1. The van der Waals surface area contributed by atoms with Gasteiger partial charge < -0.3 is 20.9 Å². The van der Waals surface area contributed by atoms with E-state index in [9.17, 15) is 5.11 Å². The molecule has 7 heteroatoms. The number of ether oxygens (including phenoxy) is 1. The lowest BCUT2D eigenvalue weighted by molar-refractivity contribution is 0.0333. The number of pyridine rings is 1. The number of hydrogen-bond donors (Lipinski definition) is 3. The summed E-state index contributed by atoms with van der Waals surface area (Å²) in [7, 11) is 0. The van der Waals surface area contributed by atoms with Crippen LogP contribution >= 0.6 is 0 Å². The van der Waals surface area contributed by atoms with Gasteiger partial charge in [-0.15, -0.1) is 0 Å². The summed E-state index contributed by atoms with van der Waals surface area (Å²) in [6.07, 6.45) is 3.01. The Balaban J connectivity index is 1.83. The number of aliphatic hydroxyl groups excluding tert-OH is 1. The Morgan fingerprint density at radius 3 is 2.71 bits per heavy atom. The van der Waals surface area contributed by atoms with Crippen molar-refractivity contribution in [2.45, 2.75) is 44.9 Å². The molecule has 1 aliphatic rings. The van der Waals surface area contributed by atoms with E-state index in [1.165, 1.54) is 0 Å². The second-order valence-corrected chi connectivity index (χ2v) is 6.38. The van der Waals surface area contributed by atoms with Gasteiger partial charge in [-0.25, -0.2) is 0 Å². The molecule has 2 heterocycles. The Kier molecular flexibility index (Phi) is 4.80. The molecule has 24 heavy (non-hydrogen) atoms. The highest BCUT2D eigenvalue weighted by Crippen LogP contribution is 2.39. The summed E-state index contributed by atoms with van der Waals surface area (Å²) in [4.78, 5) is 12.8. The van der Waals surface area contributed by atoms with Gasteiger partial charge in [0.15, 0.2) is 0 Å². The van der Waals surface area contributed by atoms with Crippen molar-refractivity contribution in [2.24, 2.45) is 5.92 Å². The number of aliphatic hydroxyl groups is 1. The van der Waals surface area contributed by atoms with Crippen molar-refractivity contribution in [1.82, 2.24) is 15.0 Å². The second kappa shape index (κ2) is 7.00. The molecule has 1 saturated carbocycles. The van der Waals surface area contributed by atoms with Crippen LogP contribution in [0.3, 0.4) is 0 Å². The molecule has 4 N–H and O–H groups in total. The van der Waals surface area contributed by atoms with Gasteiger partial charge in [-0.3, -0.25) is 4.98 Å². The van der Waals surface area contributed by atoms with E-state index in [-0.39, 0.29) is 24.2 Å². The van der Waals surface area contributed by atoms with Crippen molar-refractivity contribution in [1.29, 1.82) is 0 Å². The number of aromatic nitrogens is 3. The van der Waals surface area contributed by atoms with Crippen LogP contribution in [0.1, 0.15) is 38.4 Å². The van der Waals surface area contributed by atoms with E-state index in [2.05, 4.69) is 20.3 Å². The van der Waals surface area contributed by atoms with E-state index < -0.39 is 0 Å². The summed E-state index contributed by atoms with van der Waals surface area (Å²) in [6.45, 7) is 3.86. The summed E-state index contributed by atoms with van der Waals surface area (Å²) >= 11 is 0. The average Bonchev–Trinajstić information content (AvgIpc) is 2.49. The minimum atomic E-state index is -0.238. The zero-order chi connectivity index (χ0) is 17.1. The predicted octanol–water partition coefficient (Wildman–Crippen LogP) is 2.17. The van der Waals surface area contributed by atoms with Crippen LogP contribution in [-0.2, 0) is 0 Å². The molecule has 1 unspecified atom stereocenters. The largest absolute Gasteiger partial charge is 0.475 e. The molecule has 0 bridgehead atoms. The molecule has 1 fully saturated rings. The van der Waals surface area contributed by atoms with Crippen LogP contribution in [0.15, 0.2) is 30.5 Å². The van der Waals surface area contributed by atoms with Crippen LogP contribution in [-0.4, -0.2) is 32.3 Å². The Hall–Kier alpha value is -2.41. The third kappa shape index (κ3) is 3.91. The number of nitrogens with two attached hydrogens (primary N) is 1. The topological polar surface area (TPSA) is 106 Å². The third-order valence-corrected chi connectivity index (χ3v) is 4.01. The van der Waals surface area contributed by atoms with E-state index in [4.69, 9.17) is 10.5 Å². The third-order valence-electron chi connectivity index (χ3n) is 4.01. The lowest BCUT2D eigenvalue weighted by Gasteiger charge is -2.38. The monoisotopic (exact) mass is 329 g/mol. The van der Waals surface area contributed by atoms with Crippen LogP contribution < -0.4 is 15.8 Å². The SMILES string of the molecule is CC(C)Oc1cc(NC(c2ccccn2)C2CC(O)C2)nc(N)n1. The summed E-state index contributed by atoms with van der Waals surface area (Å²) in [5.74, 6) is 1.48. The standard InChI is InChI=1S/C17H23N5O2/c1-10(2)24-15-9-14(21-17(18)22-15)20-16(11-7-12(23)8-11)13-5-3-4-6-19-13/h3-6,9-12,16,23H,7-8H2,1-2H3,(H3,18,20,21,22). The van der Waals surface area contributed by atoms with Crippen LogP contribution in [0.2, 0.25) is 0 Å². The minimum absolute atomic E-state index is 0.000478. The molecule has 0 radical (unpaired) electrons. The number of rotatable bonds is 6. The predicted molar refractivity (Wildman–Crippen MR) is 91.5 cm³/mol. The Labute approximate surface area is 141 Å². The molecule has 2 aromatic heterocycles. The van der Waals surface area contributed by atoms with Gasteiger partial charge in [-0.1, -0.05) is 6.07 Å². The highest BCUT2D eigenvalue weighted by atomic mass is 16.5. The molecule has 0 spiro atoms. The Morgan fingerprint density at radius 2 is 2.08 bits per heavy atom. The highest BCUT2D eigenvalue weighted by Gasteiger charge is 2.35. The van der Waals surface area contributed by atoms with Crippen molar-refractivity contribution in [3.8, 4) is 5.88 Å². The van der Waals surface area contributed by atoms with Gasteiger partial charge in [0, 0.05) is 12.3 Å². The zero-order valence-corrected chi connectivity index (χ0v) is 13.9. The molecule has 0 saturated heterocycles. The zero-order valence-electron chi connectivity index (χ0n) is 13.9. The van der Waals surface area contributed by atoms with Gasteiger partial charge in [0.05, 0.1) is 23.9 Å². The van der Waals surface area contributed by atoms with Crippen LogP contribution in [0.5, 0.6) is 5.88 Å². The average molecular weight is 329 g/mol. The van der Waals surface area contributed by atoms with Gasteiger partial charge in [0.1, 0.15) is 5.82 Å².